The number of hydrogen-bond donors (Lipinski definition) is 4. The van der Waals surface area contributed by atoms with Crippen LogP contribution in [0.2, 0.25) is 0 Å². The van der Waals surface area contributed by atoms with Crippen LogP contribution in [0.1, 0.15) is 91.9 Å². The number of aliphatic hydroxyl groups is 1. The van der Waals surface area contributed by atoms with Crippen molar-refractivity contribution in [2.45, 2.75) is 128 Å². The molecule has 1 spiro atoms. The average molecular weight is 654 g/mol. The molecule has 47 heavy (non-hydrogen) atoms. The summed E-state index contributed by atoms with van der Waals surface area (Å²) in [6, 6.07) is 6.51. The van der Waals surface area contributed by atoms with E-state index >= 15 is 0 Å². The molecule has 12 heteroatoms. The van der Waals surface area contributed by atoms with E-state index in [1.54, 1.807) is 4.90 Å². The molecule has 5 atom stereocenters. The maximum atomic E-state index is 14.5. The molecule has 258 valence electrons. The Morgan fingerprint density at radius 2 is 1.70 bits per heavy atom. The quantitative estimate of drug-likeness (QED) is 0.286. The standard InChI is InChI=1S/C35H51N5O7/c1-5-11-25(28(42)31(44)36-22-16-17-22)37-30(43)26-18-35(19-27(41)39(20-35)23-12-7-6-8-13-23)21-40(26)32(45)29(34(2,3)4)38-33(46)47-24-14-9-10-15-24/h6-8,12-13,22,24-26,28-29,42H,5,9-11,14-21H2,1-4H3,(H,36,44)(H,37,43)(H,38,46)/t25-,26-,28?,29+,35-/m0/s1. The Kier molecular flexibility index (Phi) is 10.5. The number of hydrogen-bond acceptors (Lipinski definition) is 7. The number of carbonyl (C=O) groups excluding carboxylic acids is 5. The first-order valence-corrected chi connectivity index (χ1v) is 17.2. The summed E-state index contributed by atoms with van der Waals surface area (Å²) in [5.74, 6) is -1.56. The minimum atomic E-state index is -1.45. The van der Waals surface area contributed by atoms with Crippen LogP contribution in [-0.4, -0.2) is 89.2 Å². The Labute approximate surface area is 277 Å². The molecule has 2 saturated heterocycles. The molecule has 0 bridgehead atoms. The van der Waals surface area contributed by atoms with Gasteiger partial charge in [-0.15, -0.1) is 0 Å². The molecule has 1 aromatic rings. The number of rotatable bonds is 11. The molecule has 2 aliphatic carbocycles. The van der Waals surface area contributed by atoms with E-state index in [0.717, 1.165) is 44.2 Å². The number of carbonyl (C=O) groups is 5. The second-order valence-electron chi connectivity index (χ2n) is 15.1. The zero-order valence-electron chi connectivity index (χ0n) is 28.1. The van der Waals surface area contributed by atoms with Gasteiger partial charge in [-0.3, -0.25) is 19.2 Å². The lowest BCUT2D eigenvalue weighted by Gasteiger charge is -2.36. The number of likely N-dealkylation sites (tertiary alicyclic amines) is 1. The van der Waals surface area contributed by atoms with Crippen molar-refractivity contribution >= 4 is 35.4 Å². The van der Waals surface area contributed by atoms with Crippen molar-refractivity contribution in [1.82, 2.24) is 20.9 Å². The maximum absolute atomic E-state index is 14.5. The summed E-state index contributed by atoms with van der Waals surface area (Å²) >= 11 is 0. The SMILES string of the molecule is CCC[C@H](NC(=O)[C@@H]1C[C@@]2(CC(=O)N(c3ccccc3)C2)CN1C(=O)[C@@H](NC(=O)OC1CCCC1)C(C)(C)C)C(O)C(=O)NC1CC1. The normalized spacial score (nSPS) is 25.0. The van der Waals surface area contributed by atoms with Gasteiger partial charge in [0.05, 0.1) is 6.04 Å². The van der Waals surface area contributed by atoms with Gasteiger partial charge in [0.1, 0.15) is 18.2 Å². The molecule has 5 rings (SSSR count). The van der Waals surface area contributed by atoms with E-state index in [1.165, 1.54) is 4.90 Å². The largest absolute Gasteiger partial charge is 0.446 e. The third-order valence-corrected chi connectivity index (χ3v) is 9.93. The van der Waals surface area contributed by atoms with Crippen molar-refractivity contribution in [2.75, 3.05) is 18.0 Å². The fourth-order valence-electron chi connectivity index (χ4n) is 7.22. The van der Waals surface area contributed by atoms with Crippen molar-refractivity contribution < 1.29 is 33.8 Å². The number of amides is 5. The zero-order valence-corrected chi connectivity index (χ0v) is 28.1. The first-order chi connectivity index (χ1) is 22.3. The summed E-state index contributed by atoms with van der Waals surface area (Å²) in [6.45, 7) is 7.88. The number of alkyl carbamates (subject to hydrolysis) is 1. The van der Waals surface area contributed by atoms with Gasteiger partial charge >= 0.3 is 6.09 Å². The molecule has 0 radical (unpaired) electrons. The highest BCUT2D eigenvalue weighted by Gasteiger charge is 2.56. The molecule has 12 nitrogen and oxygen atoms in total. The predicted molar refractivity (Wildman–Crippen MR) is 175 cm³/mol. The Hall–Kier alpha value is -3.67. The zero-order chi connectivity index (χ0) is 33.9. The highest BCUT2D eigenvalue weighted by atomic mass is 16.6. The number of benzene rings is 1. The number of anilines is 1. The van der Waals surface area contributed by atoms with Crippen LogP contribution in [0.25, 0.3) is 0 Å². The molecule has 2 heterocycles. The molecular weight excluding hydrogens is 602 g/mol. The molecule has 1 unspecified atom stereocenters. The second-order valence-corrected chi connectivity index (χ2v) is 15.1. The number of nitrogens with one attached hydrogen (secondary N) is 3. The lowest BCUT2D eigenvalue weighted by molar-refractivity contribution is -0.143. The molecule has 4 fully saturated rings. The van der Waals surface area contributed by atoms with Gasteiger partial charge in [0.2, 0.25) is 17.7 Å². The van der Waals surface area contributed by atoms with Crippen LogP contribution in [0.5, 0.6) is 0 Å². The van der Waals surface area contributed by atoms with Crippen molar-refractivity contribution in [1.29, 1.82) is 0 Å². The van der Waals surface area contributed by atoms with E-state index in [9.17, 15) is 29.1 Å². The lowest BCUT2D eigenvalue weighted by Crippen LogP contribution is -2.59. The lowest BCUT2D eigenvalue weighted by atomic mass is 9.84. The summed E-state index contributed by atoms with van der Waals surface area (Å²) in [6.07, 6.45) is 4.29. The molecular formula is C35H51N5O7. The third-order valence-electron chi connectivity index (χ3n) is 9.93. The topological polar surface area (TPSA) is 157 Å². The van der Waals surface area contributed by atoms with Gasteiger partial charge in [0.15, 0.2) is 6.10 Å². The van der Waals surface area contributed by atoms with Crippen LogP contribution in [0.4, 0.5) is 10.5 Å². The summed E-state index contributed by atoms with van der Waals surface area (Å²) in [5, 5.41) is 19.4. The monoisotopic (exact) mass is 653 g/mol. The van der Waals surface area contributed by atoms with Gasteiger partial charge in [-0.25, -0.2) is 4.79 Å². The Balaban J connectivity index is 1.40. The number of para-hydroxylation sites is 1. The summed E-state index contributed by atoms with van der Waals surface area (Å²) < 4.78 is 5.64. The van der Waals surface area contributed by atoms with E-state index in [2.05, 4.69) is 16.0 Å². The van der Waals surface area contributed by atoms with E-state index in [-0.39, 0.29) is 37.4 Å². The van der Waals surface area contributed by atoms with Crippen molar-refractivity contribution in [3.8, 4) is 0 Å². The van der Waals surface area contributed by atoms with Crippen molar-refractivity contribution in [3.63, 3.8) is 0 Å². The van der Waals surface area contributed by atoms with Gasteiger partial charge in [0, 0.05) is 36.7 Å². The highest BCUT2D eigenvalue weighted by molar-refractivity contribution is 5.98. The van der Waals surface area contributed by atoms with Gasteiger partial charge in [-0.2, -0.15) is 0 Å². The first-order valence-electron chi connectivity index (χ1n) is 17.2. The number of nitrogens with zero attached hydrogens (tertiary/aromatic N) is 2. The van der Waals surface area contributed by atoms with Crippen LogP contribution in [0, 0.1) is 10.8 Å². The number of ether oxygens (including phenoxy) is 1. The Morgan fingerprint density at radius 1 is 1.02 bits per heavy atom. The van der Waals surface area contributed by atoms with E-state index in [0.29, 0.717) is 19.4 Å². The Bertz CT molecular complexity index is 1320. The third kappa shape index (κ3) is 8.25. The smallest absolute Gasteiger partial charge is 0.408 e. The fourth-order valence-corrected chi connectivity index (χ4v) is 7.22. The molecule has 0 aromatic heterocycles. The van der Waals surface area contributed by atoms with E-state index in [4.69, 9.17) is 4.74 Å². The Morgan fingerprint density at radius 3 is 2.32 bits per heavy atom. The van der Waals surface area contributed by atoms with Crippen molar-refractivity contribution in [3.05, 3.63) is 30.3 Å². The van der Waals surface area contributed by atoms with Gasteiger partial charge < -0.3 is 35.6 Å². The van der Waals surface area contributed by atoms with Crippen LogP contribution >= 0.6 is 0 Å². The average Bonchev–Trinajstić information content (AvgIpc) is 3.39. The van der Waals surface area contributed by atoms with E-state index in [1.807, 2.05) is 58.0 Å². The summed E-state index contributed by atoms with van der Waals surface area (Å²) in [5.41, 5.74) is -0.692. The minimum absolute atomic E-state index is 0.0487. The highest BCUT2D eigenvalue weighted by Crippen LogP contribution is 2.45. The van der Waals surface area contributed by atoms with Crippen LogP contribution in [-0.2, 0) is 23.9 Å². The number of aliphatic hydroxyl groups excluding tert-OH is 1. The maximum Gasteiger partial charge on any atom is 0.408 e. The molecule has 2 aliphatic heterocycles. The molecule has 4 aliphatic rings. The van der Waals surface area contributed by atoms with Crippen LogP contribution in [0.15, 0.2) is 30.3 Å². The van der Waals surface area contributed by atoms with Gasteiger partial charge in [-0.05, 0) is 68.9 Å². The summed E-state index contributed by atoms with van der Waals surface area (Å²) in [4.78, 5) is 71.0. The second kappa shape index (κ2) is 14.2. The molecule has 4 N–H and O–H groups in total. The van der Waals surface area contributed by atoms with Gasteiger partial charge in [0.25, 0.3) is 5.91 Å². The first kappa shape index (κ1) is 34.7. The van der Waals surface area contributed by atoms with Crippen LogP contribution < -0.4 is 20.9 Å². The van der Waals surface area contributed by atoms with Gasteiger partial charge in [-0.1, -0.05) is 52.3 Å². The minimum Gasteiger partial charge on any atom is -0.446 e. The van der Waals surface area contributed by atoms with E-state index < -0.39 is 58.9 Å². The summed E-state index contributed by atoms with van der Waals surface area (Å²) in [7, 11) is 0. The molecule has 5 amide bonds. The van der Waals surface area contributed by atoms with Crippen LogP contribution in [0.3, 0.4) is 0 Å². The molecule has 1 aromatic carbocycles. The molecule has 2 saturated carbocycles. The predicted octanol–water partition coefficient (Wildman–Crippen LogP) is 3.02. The van der Waals surface area contributed by atoms with Crippen molar-refractivity contribution in [2.24, 2.45) is 10.8 Å². The fraction of sp³-hybridized carbons (Fsp3) is 0.686.